The van der Waals surface area contributed by atoms with Crippen molar-refractivity contribution in [2.24, 2.45) is 0 Å². The molecule has 1 unspecified atom stereocenters. The number of carbonyl (C=O) groups is 1. The van der Waals surface area contributed by atoms with Crippen LogP contribution in [0.4, 0.5) is 11.4 Å². The van der Waals surface area contributed by atoms with Crippen molar-refractivity contribution in [3.05, 3.63) is 106 Å². The zero-order chi connectivity index (χ0) is 22.2. The van der Waals surface area contributed by atoms with Crippen LogP contribution >= 0.6 is 12.2 Å². The molecule has 3 aromatic rings. The summed E-state index contributed by atoms with van der Waals surface area (Å²) in [6.07, 6.45) is -0.471. The topological polar surface area (TPSA) is 96.3 Å². The first-order valence-corrected chi connectivity index (χ1v) is 10.1. The zero-order valence-electron chi connectivity index (χ0n) is 16.8. The fourth-order valence-corrected chi connectivity index (χ4v) is 3.47. The van der Waals surface area contributed by atoms with E-state index in [-0.39, 0.29) is 16.7 Å². The highest BCUT2D eigenvalue weighted by atomic mass is 32.1. The zero-order valence-corrected chi connectivity index (χ0v) is 17.6. The van der Waals surface area contributed by atoms with Gasteiger partial charge in [0.05, 0.1) is 17.0 Å². The average Bonchev–Trinajstić information content (AvgIpc) is 2.75. The van der Waals surface area contributed by atoms with Gasteiger partial charge in [0.1, 0.15) is 0 Å². The molecule has 1 atom stereocenters. The van der Waals surface area contributed by atoms with E-state index in [1.54, 1.807) is 19.1 Å². The van der Waals surface area contributed by atoms with Crippen molar-refractivity contribution in [3.63, 3.8) is 0 Å². The molecule has 0 aliphatic rings. The number of nitrogens with one attached hydrogen (secondary N) is 3. The highest BCUT2D eigenvalue weighted by molar-refractivity contribution is 7.80. The summed E-state index contributed by atoms with van der Waals surface area (Å²) >= 11 is 5.28. The molecule has 0 heterocycles. The van der Waals surface area contributed by atoms with E-state index in [0.717, 1.165) is 11.1 Å². The van der Waals surface area contributed by atoms with Crippen LogP contribution in [-0.4, -0.2) is 22.1 Å². The van der Waals surface area contributed by atoms with Crippen LogP contribution in [0.3, 0.4) is 0 Å². The van der Waals surface area contributed by atoms with Crippen molar-refractivity contribution < 1.29 is 9.72 Å². The fourth-order valence-electron chi connectivity index (χ4n) is 3.18. The third-order valence-corrected chi connectivity index (χ3v) is 4.77. The number of amides is 1. The first-order chi connectivity index (χ1) is 14.9. The number of hydrogen-bond donors (Lipinski definition) is 3. The van der Waals surface area contributed by atoms with E-state index < -0.39 is 17.0 Å². The fraction of sp³-hybridized carbons (Fsp3) is 0.130. The lowest BCUT2D eigenvalue weighted by Gasteiger charge is -2.23. The Morgan fingerprint density at radius 1 is 0.903 bits per heavy atom. The number of anilines is 1. The number of carbonyl (C=O) groups excluding carboxylic acids is 1. The van der Waals surface area contributed by atoms with E-state index in [0.29, 0.717) is 5.69 Å². The van der Waals surface area contributed by atoms with Crippen LogP contribution in [0.15, 0.2) is 84.9 Å². The van der Waals surface area contributed by atoms with Crippen molar-refractivity contribution in [2.75, 3.05) is 5.32 Å². The summed E-state index contributed by atoms with van der Waals surface area (Å²) in [5.41, 5.74) is 2.21. The Bertz CT molecular complexity index is 1020. The smallest absolute Gasteiger partial charge is 0.271 e. The van der Waals surface area contributed by atoms with Gasteiger partial charge >= 0.3 is 0 Å². The second kappa shape index (κ2) is 10.3. The molecular weight excluding hydrogens is 412 g/mol. The minimum absolute atomic E-state index is 0.0392. The predicted molar refractivity (Wildman–Crippen MR) is 125 cm³/mol. The van der Waals surface area contributed by atoms with Gasteiger partial charge in [0.25, 0.3) is 5.69 Å². The van der Waals surface area contributed by atoms with Gasteiger partial charge in [-0.25, -0.2) is 0 Å². The number of nitro groups is 1. The van der Waals surface area contributed by atoms with E-state index in [1.807, 2.05) is 60.7 Å². The molecule has 0 saturated carbocycles. The lowest BCUT2D eigenvalue weighted by Crippen LogP contribution is -2.48. The molecule has 31 heavy (non-hydrogen) atoms. The Morgan fingerprint density at radius 3 is 2.03 bits per heavy atom. The van der Waals surface area contributed by atoms with Gasteiger partial charge in [0.2, 0.25) is 5.91 Å². The molecule has 158 valence electrons. The molecule has 3 aromatic carbocycles. The third kappa shape index (κ3) is 6.10. The maximum absolute atomic E-state index is 13.1. The van der Waals surface area contributed by atoms with E-state index in [4.69, 9.17) is 12.2 Å². The van der Waals surface area contributed by atoms with Gasteiger partial charge in [-0.2, -0.15) is 0 Å². The Labute approximate surface area is 185 Å². The summed E-state index contributed by atoms with van der Waals surface area (Å²) in [5, 5.41) is 20.0. The van der Waals surface area contributed by atoms with Crippen LogP contribution in [0.1, 0.15) is 24.0 Å². The molecule has 0 saturated heterocycles. The van der Waals surface area contributed by atoms with Gasteiger partial charge in [-0.3, -0.25) is 14.9 Å². The summed E-state index contributed by atoms with van der Waals surface area (Å²) in [7, 11) is 0. The summed E-state index contributed by atoms with van der Waals surface area (Å²) in [6.45, 7) is 1.77. The van der Waals surface area contributed by atoms with Gasteiger partial charge in [-0.15, -0.1) is 0 Å². The number of nitrogens with zero attached hydrogens (tertiary/aromatic N) is 1. The predicted octanol–water partition coefficient (Wildman–Crippen LogP) is 4.18. The quantitative estimate of drug-likeness (QED) is 0.223. The lowest BCUT2D eigenvalue weighted by molar-refractivity contribution is -0.384. The molecule has 0 aliphatic heterocycles. The Balaban J connectivity index is 1.66. The minimum Gasteiger partial charge on any atom is -0.343 e. The largest absolute Gasteiger partial charge is 0.343 e. The van der Waals surface area contributed by atoms with E-state index in [9.17, 15) is 14.9 Å². The van der Waals surface area contributed by atoms with Crippen LogP contribution < -0.4 is 16.0 Å². The van der Waals surface area contributed by atoms with Gasteiger partial charge in [-0.1, -0.05) is 66.7 Å². The van der Waals surface area contributed by atoms with Crippen LogP contribution in [0.5, 0.6) is 0 Å². The summed E-state index contributed by atoms with van der Waals surface area (Å²) in [5.74, 6) is -0.638. The Morgan fingerprint density at radius 2 is 1.48 bits per heavy atom. The number of nitro benzene ring substituents is 1. The molecule has 1 amide bonds. The highest BCUT2D eigenvalue weighted by Crippen LogP contribution is 2.24. The van der Waals surface area contributed by atoms with Crippen molar-refractivity contribution in [3.8, 4) is 0 Å². The first kappa shape index (κ1) is 21.9. The van der Waals surface area contributed by atoms with Crippen LogP contribution in [0, 0.1) is 10.1 Å². The monoisotopic (exact) mass is 434 g/mol. The molecule has 0 aromatic heterocycles. The molecule has 0 spiro atoms. The summed E-state index contributed by atoms with van der Waals surface area (Å²) in [6, 6.07) is 25.1. The van der Waals surface area contributed by atoms with Crippen molar-refractivity contribution in [1.29, 1.82) is 0 Å². The Kier molecular flexibility index (Phi) is 7.29. The highest BCUT2D eigenvalue weighted by Gasteiger charge is 2.23. The normalized spacial score (nSPS) is 11.4. The molecule has 8 heteroatoms. The van der Waals surface area contributed by atoms with Gasteiger partial charge in [0, 0.05) is 17.8 Å². The molecule has 3 N–H and O–H groups in total. The molecular formula is C23H22N4O3S. The number of rotatable bonds is 7. The van der Waals surface area contributed by atoms with Crippen LogP contribution in [0.2, 0.25) is 0 Å². The second-order valence-corrected chi connectivity index (χ2v) is 7.30. The van der Waals surface area contributed by atoms with Crippen molar-refractivity contribution in [1.82, 2.24) is 10.6 Å². The van der Waals surface area contributed by atoms with Crippen LogP contribution in [-0.2, 0) is 4.79 Å². The number of benzene rings is 3. The van der Waals surface area contributed by atoms with Crippen LogP contribution in [0.25, 0.3) is 0 Å². The number of hydrogen-bond acceptors (Lipinski definition) is 4. The van der Waals surface area contributed by atoms with Crippen molar-refractivity contribution >= 4 is 34.6 Å². The molecule has 7 nitrogen and oxygen atoms in total. The maximum atomic E-state index is 13.1. The summed E-state index contributed by atoms with van der Waals surface area (Å²) < 4.78 is 0. The van der Waals surface area contributed by atoms with Crippen molar-refractivity contribution in [2.45, 2.75) is 19.0 Å². The van der Waals surface area contributed by atoms with E-state index in [2.05, 4.69) is 16.0 Å². The maximum Gasteiger partial charge on any atom is 0.271 e. The lowest BCUT2D eigenvalue weighted by atomic mass is 9.90. The van der Waals surface area contributed by atoms with E-state index in [1.165, 1.54) is 12.1 Å². The molecule has 0 radical (unpaired) electrons. The molecule has 0 bridgehead atoms. The minimum atomic E-state index is -0.474. The summed E-state index contributed by atoms with van der Waals surface area (Å²) in [4.78, 5) is 23.6. The van der Waals surface area contributed by atoms with Gasteiger partial charge in [-0.05, 0) is 36.3 Å². The SMILES string of the molecule is CC(NC(=O)C(c1ccccc1)c1ccccc1)NC(=S)Nc1cccc([N+](=O)[O-])c1. The van der Waals surface area contributed by atoms with Gasteiger partial charge < -0.3 is 16.0 Å². The third-order valence-electron chi connectivity index (χ3n) is 4.55. The second-order valence-electron chi connectivity index (χ2n) is 6.89. The first-order valence-electron chi connectivity index (χ1n) is 9.66. The molecule has 3 rings (SSSR count). The van der Waals surface area contributed by atoms with Gasteiger partial charge in [0.15, 0.2) is 5.11 Å². The average molecular weight is 435 g/mol. The number of non-ortho nitro benzene ring substituents is 1. The Hall–Kier alpha value is -3.78. The van der Waals surface area contributed by atoms with E-state index >= 15 is 0 Å². The number of thiocarbonyl (C=S) groups is 1. The molecule has 0 fully saturated rings. The molecule has 0 aliphatic carbocycles. The standard InChI is InChI=1S/C23H22N4O3S/c1-16(25-23(31)26-19-13-8-14-20(15-19)27(29)30)24-22(28)21(17-9-4-2-5-10-17)18-11-6-3-7-12-18/h2-16,21H,1H3,(H,24,28)(H2,25,26,31).